The van der Waals surface area contributed by atoms with Gasteiger partial charge in [0, 0.05) is 16.3 Å². The fraction of sp³-hybridized carbons (Fsp3) is 0. The Bertz CT molecular complexity index is 964. The van der Waals surface area contributed by atoms with Gasteiger partial charge in [0.15, 0.2) is 5.65 Å². The smallest absolute Gasteiger partial charge is 0.226 e. The number of aromatic nitrogens is 3. The number of benzene rings is 2. The van der Waals surface area contributed by atoms with Crippen molar-refractivity contribution in [2.45, 2.75) is 0 Å². The van der Waals surface area contributed by atoms with Crippen molar-refractivity contribution in [2.24, 2.45) is 0 Å². The van der Waals surface area contributed by atoms with Gasteiger partial charge in [-0.2, -0.15) is 9.97 Å². The van der Waals surface area contributed by atoms with Crippen molar-refractivity contribution < 1.29 is 0 Å². The summed E-state index contributed by atoms with van der Waals surface area (Å²) in [4.78, 5) is 8.81. The molecule has 2 heterocycles. The van der Waals surface area contributed by atoms with Crippen LogP contribution in [-0.4, -0.2) is 14.4 Å². The highest BCUT2D eigenvalue weighted by Crippen LogP contribution is 2.33. The molecule has 0 radical (unpaired) electrons. The summed E-state index contributed by atoms with van der Waals surface area (Å²) in [7, 11) is 0. The third-order valence-electron chi connectivity index (χ3n) is 3.44. The van der Waals surface area contributed by atoms with Crippen LogP contribution < -0.4 is 0 Å². The van der Waals surface area contributed by atoms with Crippen LogP contribution in [0.15, 0.2) is 59.2 Å². The van der Waals surface area contributed by atoms with E-state index in [1.165, 1.54) is 0 Å². The van der Waals surface area contributed by atoms with Crippen LogP contribution in [-0.2, 0) is 0 Å². The lowest BCUT2D eigenvalue weighted by atomic mass is 10.2. The van der Waals surface area contributed by atoms with Crippen LogP contribution in [0.3, 0.4) is 0 Å². The number of nitrogens with zero attached hydrogens (tertiary/aromatic N) is 3. The van der Waals surface area contributed by atoms with E-state index < -0.39 is 0 Å². The molecule has 0 unspecified atom stereocenters. The minimum Gasteiger partial charge on any atom is -0.271 e. The third kappa shape index (κ3) is 1.94. The first kappa shape index (κ1) is 12.8. The van der Waals surface area contributed by atoms with Gasteiger partial charge in [0.05, 0.1) is 0 Å². The Labute approximate surface area is 134 Å². The maximum atomic E-state index is 6.13. The molecule has 0 aliphatic heterocycles. The number of hydrogen-bond acceptors (Lipinski definition) is 2. The van der Waals surface area contributed by atoms with E-state index in [2.05, 4.69) is 32.0 Å². The second-order valence-electron chi connectivity index (χ2n) is 4.68. The van der Waals surface area contributed by atoms with Crippen molar-refractivity contribution in [2.75, 3.05) is 0 Å². The first-order valence-corrected chi connectivity index (χ1v) is 7.60. The molecule has 4 aromatic rings. The maximum absolute atomic E-state index is 6.13. The van der Waals surface area contributed by atoms with Gasteiger partial charge in [-0.25, -0.2) is 0 Å². The molecule has 3 nitrogen and oxygen atoms in total. The standard InChI is InChI=1S/C16H9BrClN3/c17-13-11-8-4-5-9-12(11)15-20-16(18)19-14(21(13)15)10-6-2-1-3-7-10/h1-9H. The molecular weight excluding hydrogens is 350 g/mol. The van der Waals surface area contributed by atoms with Crippen LogP contribution in [0.1, 0.15) is 0 Å². The highest BCUT2D eigenvalue weighted by atomic mass is 79.9. The summed E-state index contributed by atoms with van der Waals surface area (Å²) in [5.74, 6) is 0.772. The molecule has 0 atom stereocenters. The normalized spacial score (nSPS) is 11.3. The second kappa shape index (κ2) is 4.83. The molecule has 0 N–H and O–H groups in total. The van der Waals surface area contributed by atoms with Gasteiger partial charge >= 0.3 is 0 Å². The first-order valence-electron chi connectivity index (χ1n) is 6.43. The molecule has 0 saturated carbocycles. The van der Waals surface area contributed by atoms with E-state index in [0.29, 0.717) is 0 Å². The summed E-state index contributed by atoms with van der Waals surface area (Å²) >= 11 is 9.80. The van der Waals surface area contributed by atoms with Crippen LogP contribution >= 0.6 is 27.5 Å². The van der Waals surface area contributed by atoms with E-state index in [0.717, 1.165) is 32.4 Å². The fourth-order valence-corrected chi connectivity index (χ4v) is 3.37. The molecule has 0 spiro atoms. The van der Waals surface area contributed by atoms with Crippen molar-refractivity contribution in [3.8, 4) is 11.4 Å². The summed E-state index contributed by atoms with van der Waals surface area (Å²) in [6.07, 6.45) is 0. The van der Waals surface area contributed by atoms with Gasteiger partial charge in [-0.15, -0.1) is 0 Å². The summed E-state index contributed by atoms with van der Waals surface area (Å²) in [5.41, 5.74) is 1.80. The minimum absolute atomic E-state index is 0.247. The molecule has 4 rings (SSSR count). The number of hydrogen-bond donors (Lipinski definition) is 0. The molecule has 2 aromatic carbocycles. The van der Waals surface area contributed by atoms with Gasteiger partial charge in [-0.1, -0.05) is 54.6 Å². The van der Waals surface area contributed by atoms with Crippen molar-refractivity contribution in [1.82, 2.24) is 14.4 Å². The molecule has 102 valence electrons. The zero-order valence-electron chi connectivity index (χ0n) is 10.8. The Morgan fingerprint density at radius 1 is 0.857 bits per heavy atom. The van der Waals surface area contributed by atoms with Crippen LogP contribution in [0.5, 0.6) is 0 Å². The van der Waals surface area contributed by atoms with Crippen molar-refractivity contribution in [3.63, 3.8) is 0 Å². The maximum Gasteiger partial charge on any atom is 0.226 e. The molecule has 0 bridgehead atoms. The lowest BCUT2D eigenvalue weighted by Gasteiger charge is -2.06. The van der Waals surface area contributed by atoms with Gasteiger partial charge < -0.3 is 0 Å². The van der Waals surface area contributed by atoms with Crippen molar-refractivity contribution in [3.05, 3.63) is 64.5 Å². The van der Waals surface area contributed by atoms with Gasteiger partial charge in [-0.05, 0) is 27.5 Å². The quantitative estimate of drug-likeness (QED) is 0.481. The van der Waals surface area contributed by atoms with Crippen LogP contribution in [0.25, 0.3) is 27.8 Å². The Balaban J connectivity index is 2.22. The van der Waals surface area contributed by atoms with Crippen molar-refractivity contribution >= 4 is 44.0 Å². The molecule has 0 fully saturated rings. The Hall–Kier alpha value is -1.91. The second-order valence-corrected chi connectivity index (χ2v) is 5.77. The number of rotatable bonds is 1. The molecular formula is C16H9BrClN3. The number of halogens is 2. The highest BCUT2D eigenvalue weighted by Gasteiger charge is 2.16. The third-order valence-corrected chi connectivity index (χ3v) is 4.39. The molecule has 0 amide bonds. The summed E-state index contributed by atoms with van der Waals surface area (Å²) in [6.45, 7) is 0. The predicted molar refractivity (Wildman–Crippen MR) is 88.6 cm³/mol. The lowest BCUT2D eigenvalue weighted by Crippen LogP contribution is -1.99. The van der Waals surface area contributed by atoms with Gasteiger partial charge in [0.2, 0.25) is 5.28 Å². The Morgan fingerprint density at radius 2 is 1.52 bits per heavy atom. The van der Waals surface area contributed by atoms with Crippen LogP contribution in [0.4, 0.5) is 0 Å². The van der Waals surface area contributed by atoms with Gasteiger partial charge in [0.1, 0.15) is 10.4 Å². The molecule has 21 heavy (non-hydrogen) atoms. The number of fused-ring (bicyclic) bond motifs is 3. The zero-order chi connectivity index (χ0) is 14.4. The van der Waals surface area contributed by atoms with Gasteiger partial charge in [-0.3, -0.25) is 4.40 Å². The minimum atomic E-state index is 0.247. The van der Waals surface area contributed by atoms with Crippen LogP contribution in [0, 0.1) is 0 Å². The molecule has 0 saturated heterocycles. The SMILES string of the molecule is Clc1nc(-c2ccccc2)n2c(Br)c3ccccc3c2n1. The summed E-state index contributed by atoms with van der Waals surface area (Å²) in [6, 6.07) is 18.0. The van der Waals surface area contributed by atoms with E-state index in [9.17, 15) is 0 Å². The molecule has 0 aliphatic rings. The Kier molecular flexibility index (Phi) is 2.94. The zero-order valence-corrected chi connectivity index (χ0v) is 13.1. The monoisotopic (exact) mass is 357 g/mol. The van der Waals surface area contributed by atoms with E-state index in [1.54, 1.807) is 0 Å². The largest absolute Gasteiger partial charge is 0.271 e. The predicted octanol–water partition coefficient (Wildman–Crippen LogP) is 4.97. The van der Waals surface area contributed by atoms with E-state index in [4.69, 9.17) is 11.6 Å². The summed E-state index contributed by atoms with van der Waals surface area (Å²) in [5, 5.41) is 2.38. The molecule has 0 aliphatic carbocycles. The van der Waals surface area contributed by atoms with E-state index in [1.807, 2.05) is 52.9 Å². The topological polar surface area (TPSA) is 30.2 Å². The summed E-state index contributed by atoms with van der Waals surface area (Å²) < 4.78 is 2.93. The lowest BCUT2D eigenvalue weighted by molar-refractivity contribution is 1.03. The average Bonchev–Trinajstić information content (AvgIpc) is 2.81. The highest BCUT2D eigenvalue weighted by molar-refractivity contribution is 9.10. The van der Waals surface area contributed by atoms with Crippen LogP contribution in [0.2, 0.25) is 5.28 Å². The molecule has 2 aromatic heterocycles. The average molecular weight is 359 g/mol. The van der Waals surface area contributed by atoms with Crippen molar-refractivity contribution in [1.29, 1.82) is 0 Å². The Morgan fingerprint density at radius 3 is 2.29 bits per heavy atom. The van der Waals surface area contributed by atoms with E-state index >= 15 is 0 Å². The van der Waals surface area contributed by atoms with Gasteiger partial charge in [0.25, 0.3) is 0 Å². The fourth-order valence-electron chi connectivity index (χ4n) is 2.53. The molecule has 5 heteroatoms. The first-order chi connectivity index (χ1) is 10.3. The van der Waals surface area contributed by atoms with E-state index in [-0.39, 0.29) is 5.28 Å².